The van der Waals surface area contributed by atoms with E-state index in [0.717, 1.165) is 19.4 Å². The summed E-state index contributed by atoms with van der Waals surface area (Å²) in [6.07, 6.45) is 2.29. The Morgan fingerprint density at radius 2 is 2.38 bits per heavy atom. The molecular formula is C11H15NO. The van der Waals surface area contributed by atoms with E-state index in [9.17, 15) is 5.11 Å². The van der Waals surface area contributed by atoms with E-state index in [0.29, 0.717) is 11.8 Å². The van der Waals surface area contributed by atoms with E-state index in [1.54, 1.807) is 6.07 Å². The van der Waals surface area contributed by atoms with E-state index in [1.165, 1.54) is 11.1 Å². The maximum atomic E-state index is 9.35. The zero-order chi connectivity index (χ0) is 9.26. The van der Waals surface area contributed by atoms with Gasteiger partial charge in [0.25, 0.3) is 0 Å². The summed E-state index contributed by atoms with van der Waals surface area (Å²) in [6, 6.07) is 6.14. The first-order chi connectivity index (χ1) is 6.31. The normalized spacial score (nSPS) is 20.2. The predicted octanol–water partition coefficient (Wildman–Crippen LogP) is 1.99. The van der Waals surface area contributed by atoms with Crippen LogP contribution in [0, 0.1) is 0 Å². The highest BCUT2D eigenvalue weighted by Gasteiger charge is 2.21. The first-order valence-electron chi connectivity index (χ1n) is 4.86. The highest BCUT2D eigenvalue weighted by molar-refractivity contribution is 5.40. The average molecular weight is 177 g/mol. The van der Waals surface area contributed by atoms with Gasteiger partial charge in [-0.15, -0.1) is 0 Å². The quantitative estimate of drug-likeness (QED) is 0.724. The second-order valence-corrected chi connectivity index (χ2v) is 3.53. The number of aromatic hydroxyl groups is 1. The van der Waals surface area contributed by atoms with Crippen LogP contribution in [-0.4, -0.2) is 11.7 Å². The molecule has 0 saturated carbocycles. The maximum absolute atomic E-state index is 9.35. The molecule has 2 N–H and O–H groups in total. The van der Waals surface area contributed by atoms with Gasteiger partial charge in [0.2, 0.25) is 0 Å². The van der Waals surface area contributed by atoms with Gasteiger partial charge in [0.05, 0.1) is 0 Å². The molecule has 13 heavy (non-hydrogen) atoms. The Kier molecular flexibility index (Phi) is 2.23. The lowest BCUT2D eigenvalue weighted by Crippen LogP contribution is -2.18. The second kappa shape index (κ2) is 3.38. The molecule has 1 aliphatic carbocycles. The molecule has 0 saturated heterocycles. The molecule has 1 aliphatic rings. The van der Waals surface area contributed by atoms with Crippen LogP contribution in [0.4, 0.5) is 0 Å². The molecule has 0 unspecified atom stereocenters. The van der Waals surface area contributed by atoms with Crippen molar-refractivity contribution in [3.05, 3.63) is 29.3 Å². The number of phenolic OH excluding ortho intramolecular Hbond substituents is 1. The molecule has 0 spiro atoms. The van der Waals surface area contributed by atoms with Crippen LogP contribution in [0.3, 0.4) is 0 Å². The minimum atomic E-state index is 0.378. The van der Waals surface area contributed by atoms with E-state index in [1.807, 2.05) is 12.1 Å². The predicted molar refractivity (Wildman–Crippen MR) is 52.8 cm³/mol. The molecule has 2 nitrogen and oxygen atoms in total. The van der Waals surface area contributed by atoms with Crippen molar-refractivity contribution in [2.75, 3.05) is 6.54 Å². The lowest BCUT2D eigenvalue weighted by molar-refractivity contribution is 0.472. The largest absolute Gasteiger partial charge is 0.508 e. The van der Waals surface area contributed by atoms with E-state index in [2.05, 4.69) is 12.2 Å². The van der Waals surface area contributed by atoms with E-state index >= 15 is 0 Å². The van der Waals surface area contributed by atoms with Gasteiger partial charge < -0.3 is 10.4 Å². The van der Waals surface area contributed by atoms with Gasteiger partial charge in [-0.1, -0.05) is 13.0 Å². The molecule has 2 heteroatoms. The Balaban J connectivity index is 2.29. The van der Waals surface area contributed by atoms with Crippen LogP contribution in [0.25, 0.3) is 0 Å². The number of aryl methyl sites for hydroxylation is 1. The monoisotopic (exact) mass is 177 g/mol. The van der Waals surface area contributed by atoms with Gasteiger partial charge in [-0.3, -0.25) is 0 Å². The molecule has 0 bridgehead atoms. The molecule has 0 aromatic heterocycles. The second-order valence-electron chi connectivity index (χ2n) is 3.53. The lowest BCUT2D eigenvalue weighted by Gasteiger charge is -2.11. The highest BCUT2D eigenvalue weighted by atomic mass is 16.3. The van der Waals surface area contributed by atoms with Gasteiger partial charge in [0.1, 0.15) is 5.75 Å². The minimum Gasteiger partial charge on any atom is -0.508 e. The summed E-state index contributed by atoms with van der Waals surface area (Å²) >= 11 is 0. The molecular weight excluding hydrogens is 162 g/mol. The van der Waals surface area contributed by atoms with E-state index in [4.69, 9.17) is 0 Å². The third-order valence-corrected chi connectivity index (χ3v) is 2.66. The standard InChI is InChI=1S/C11H15NO/c1-2-12-11-6-4-8-3-5-9(13)7-10(8)11/h3,5,7,11-13H,2,4,6H2,1H3/t11-/m1/s1. The van der Waals surface area contributed by atoms with Crippen molar-refractivity contribution in [1.82, 2.24) is 5.32 Å². The Labute approximate surface area is 78.6 Å². The fourth-order valence-corrected chi connectivity index (χ4v) is 2.05. The Bertz CT molecular complexity index is 307. The van der Waals surface area contributed by atoms with Crippen molar-refractivity contribution in [3.63, 3.8) is 0 Å². The Morgan fingerprint density at radius 1 is 1.54 bits per heavy atom. The number of benzene rings is 1. The summed E-state index contributed by atoms with van der Waals surface area (Å²) in [5.74, 6) is 0.378. The molecule has 1 aromatic carbocycles. The summed E-state index contributed by atoms with van der Waals surface area (Å²) in [5.41, 5.74) is 2.66. The summed E-state index contributed by atoms with van der Waals surface area (Å²) in [6.45, 7) is 3.10. The lowest BCUT2D eigenvalue weighted by atomic mass is 10.1. The number of hydrogen-bond acceptors (Lipinski definition) is 2. The topological polar surface area (TPSA) is 32.3 Å². The third-order valence-electron chi connectivity index (χ3n) is 2.66. The Hall–Kier alpha value is -1.02. The summed E-state index contributed by atoms with van der Waals surface area (Å²) < 4.78 is 0. The number of fused-ring (bicyclic) bond motifs is 1. The van der Waals surface area contributed by atoms with Crippen LogP contribution >= 0.6 is 0 Å². The van der Waals surface area contributed by atoms with Gasteiger partial charge in [-0.05, 0) is 42.6 Å². The summed E-state index contributed by atoms with van der Waals surface area (Å²) in [4.78, 5) is 0. The first kappa shape index (κ1) is 8.57. The fraction of sp³-hybridized carbons (Fsp3) is 0.455. The van der Waals surface area contributed by atoms with Crippen molar-refractivity contribution in [2.45, 2.75) is 25.8 Å². The van der Waals surface area contributed by atoms with Crippen molar-refractivity contribution >= 4 is 0 Å². The zero-order valence-corrected chi connectivity index (χ0v) is 7.88. The molecule has 0 radical (unpaired) electrons. The zero-order valence-electron chi connectivity index (χ0n) is 7.88. The van der Waals surface area contributed by atoms with E-state index in [-0.39, 0.29) is 0 Å². The van der Waals surface area contributed by atoms with Crippen LogP contribution in [0.15, 0.2) is 18.2 Å². The van der Waals surface area contributed by atoms with E-state index < -0.39 is 0 Å². The van der Waals surface area contributed by atoms with Crippen LogP contribution in [0.2, 0.25) is 0 Å². The smallest absolute Gasteiger partial charge is 0.115 e. The molecule has 1 atom stereocenters. The van der Waals surface area contributed by atoms with Gasteiger partial charge >= 0.3 is 0 Å². The third kappa shape index (κ3) is 1.54. The SMILES string of the molecule is CCN[C@@H]1CCc2ccc(O)cc21. The van der Waals surface area contributed by atoms with Gasteiger partial charge in [0, 0.05) is 6.04 Å². The molecule has 0 amide bonds. The Morgan fingerprint density at radius 3 is 3.15 bits per heavy atom. The molecule has 70 valence electrons. The van der Waals surface area contributed by atoms with Crippen LogP contribution < -0.4 is 5.32 Å². The molecule has 2 rings (SSSR count). The van der Waals surface area contributed by atoms with Crippen LogP contribution in [0.1, 0.15) is 30.5 Å². The first-order valence-corrected chi connectivity index (χ1v) is 4.86. The molecule has 1 aromatic rings. The molecule has 0 heterocycles. The summed E-state index contributed by atoms with van der Waals surface area (Å²) in [7, 11) is 0. The van der Waals surface area contributed by atoms with Crippen molar-refractivity contribution in [1.29, 1.82) is 0 Å². The van der Waals surface area contributed by atoms with Gasteiger partial charge in [0.15, 0.2) is 0 Å². The van der Waals surface area contributed by atoms with Crippen LogP contribution in [-0.2, 0) is 6.42 Å². The van der Waals surface area contributed by atoms with Gasteiger partial charge in [-0.2, -0.15) is 0 Å². The minimum absolute atomic E-state index is 0.378. The highest BCUT2D eigenvalue weighted by Crippen LogP contribution is 2.33. The average Bonchev–Trinajstić information content (AvgIpc) is 2.49. The van der Waals surface area contributed by atoms with Crippen molar-refractivity contribution in [2.24, 2.45) is 0 Å². The van der Waals surface area contributed by atoms with Gasteiger partial charge in [-0.25, -0.2) is 0 Å². The number of nitrogens with one attached hydrogen (secondary N) is 1. The maximum Gasteiger partial charge on any atom is 0.115 e. The summed E-state index contributed by atoms with van der Waals surface area (Å²) in [5, 5.41) is 12.8. The van der Waals surface area contributed by atoms with Crippen molar-refractivity contribution in [3.8, 4) is 5.75 Å². The molecule has 0 aliphatic heterocycles. The van der Waals surface area contributed by atoms with Crippen LogP contribution in [0.5, 0.6) is 5.75 Å². The number of rotatable bonds is 2. The van der Waals surface area contributed by atoms with Crippen molar-refractivity contribution < 1.29 is 5.11 Å². The fourth-order valence-electron chi connectivity index (χ4n) is 2.05. The number of phenols is 1. The molecule has 0 fully saturated rings. The number of hydrogen-bond donors (Lipinski definition) is 2.